The minimum atomic E-state index is -0.418. The highest BCUT2D eigenvalue weighted by Gasteiger charge is 2.35. The van der Waals surface area contributed by atoms with E-state index in [1.807, 2.05) is 0 Å². The van der Waals surface area contributed by atoms with Crippen molar-refractivity contribution in [2.75, 3.05) is 25.3 Å². The Hall–Kier alpha value is -3.55. The number of carbonyl (C=O) groups is 3. The molecule has 150 valence electrons. The Bertz CT molecular complexity index is 957. The van der Waals surface area contributed by atoms with Gasteiger partial charge in [0.25, 0.3) is 5.91 Å². The first kappa shape index (κ1) is 18.8. The molecule has 8 heteroatoms. The molecular formula is C21H21N3O5. The summed E-state index contributed by atoms with van der Waals surface area (Å²) in [7, 11) is 1.58. The molecule has 8 nitrogen and oxygen atoms in total. The number of fused-ring (bicyclic) bond motifs is 1. The Labute approximate surface area is 167 Å². The van der Waals surface area contributed by atoms with Crippen LogP contribution in [0.3, 0.4) is 0 Å². The van der Waals surface area contributed by atoms with E-state index in [0.717, 1.165) is 5.56 Å². The molecule has 1 fully saturated rings. The van der Waals surface area contributed by atoms with Crippen LogP contribution in [0.25, 0.3) is 0 Å². The summed E-state index contributed by atoms with van der Waals surface area (Å²) in [6, 6.07) is 12.3. The SMILES string of the molecule is CNC(=O)c1ccc(CNC(=O)C2CC(=O)N(c3ccc4c(c3)OCO4)C2)cc1. The largest absolute Gasteiger partial charge is 0.454 e. The fourth-order valence-corrected chi connectivity index (χ4v) is 3.44. The van der Waals surface area contributed by atoms with Gasteiger partial charge >= 0.3 is 0 Å². The molecule has 0 aromatic heterocycles. The summed E-state index contributed by atoms with van der Waals surface area (Å²) in [4.78, 5) is 38.2. The molecule has 1 atom stereocenters. The molecule has 0 spiro atoms. The van der Waals surface area contributed by atoms with E-state index in [2.05, 4.69) is 10.6 Å². The van der Waals surface area contributed by atoms with E-state index in [4.69, 9.17) is 9.47 Å². The van der Waals surface area contributed by atoms with Crippen LogP contribution in [0.2, 0.25) is 0 Å². The standard InChI is InChI=1S/C21H21N3O5/c1-22-20(26)14-4-2-13(3-5-14)10-23-21(27)15-8-19(25)24(11-15)16-6-7-17-18(9-16)29-12-28-17/h2-7,9,15H,8,10-12H2,1H3,(H,22,26)(H,23,27). The van der Waals surface area contributed by atoms with E-state index in [-0.39, 0.29) is 30.9 Å². The topological polar surface area (TPSA) is 97.0 Å². The molecule has 0 saturated carbocycles. The van der Waals surface area contributed by atoms with Crippen molar-refractivity contribution in [3.8, 4) is 11.5 Å². The maximum Gasteiger partial charge on any atom is 0.251 e. The summed E-state index contributed by atoms with van der Waals surface area (Å²) >= 11 is 0. The first-order valence-electron chi connectivity index (χ1n) is 9.34. The van der Waals surface area contributed by atoms with Crippen LogP contribution < -0.4 is 25.0 Å². The fraction of sp³-hybridized carbons (Fsp3) is 0.286. The second-order valence-corrected chi connectivity index (χ2v) is 6.94. The van der Waals surface area contributed by atoms with Gasteiger partial charge in [-0.2, -0.15) is 0 Å². The Balaban J connectivity index is 1.35. The normalized spacial score (nSPS) is 17.3. The van der Waals surface area contributed by atoms with E-state index >= 15 is 0 Å². The van der Waals surface area contributed by atoms with Crippen LogP contribution in [-0.4, -0.2) is 38.1 Å². The van der Waals surface area contributed by atoms with Crippen LogP contribution in [0.15, 0.2) is 42.5 Å². The highest BCUT2D eigenvalue weighted by molar-refractivity contribution is 6.00. The van der Waals surface area contributed by atoms with Crippen molar-refractivity contribution in [2.24, 2.45) is 5.92 Å². The fourth-order valence-electron chi connectivity index (χ4n) is 3.44. The van der Waals surface area contributed by atoms with Crippen molar-refractivity contribution in [3.63, 3.8) is 0 Å². The third-order valence-corrected chi connectivity index (χ3v) is 5.07. The van der Waals surface area contributed by atoms with Crippen LogP contribution in [0.5, 0.6) is 11.5 Å². The summed E-state index contributed by atoms with van der Waals surface area (Å²) in [5.74, 6) is 0.406. The van der Waals surface area contributed by atoms with Crippen molar-refractivity contribution in [2.45, 2.75) is 13.0 Å². The molecule has 1 unspecified atom stereocenters. The van der Waals surface area contributed by atoms with E-state index in [1.165, 1.54) is 0 Å². The molecule has 29 heavy (non-hydrogen) atoms. The number of nitrogens with one attached hydrogen (secondary N) is 2. The van der Waals surface area contributed by atoms with E-state index in [1.54, 1.807) is 54.4 Å². The summed E-state index contributed by atoms with van der Waals surface area (Å²) in [5, 5.41) is 5.44. The zero-order valence-electron chi connectivity index (χ0n) is 15.9. The smallest absolute Gasteiger partial charge is 0.251 e. The number of ether oxygens (including phenoxy) is 2. The third-order valence-electron chi connectivity index (χ3n) is 5.07. The number of hydrogen-bond donors (Lipinski definition) is 2. The average Bonchev–Trinajstić information content (AvgIpc) is 3.37. The van der Waals surface area contributed by atoms with Crippen molar-refractivity contribution in [1.29, 1.82) is 0 Å². The van der Waals surface area contributed by atoms with Gasteiger partial charge in [0.1, 0.15) is 0 Å². The number of hydrogen-bond acceptors (Lipinski definition) is 5. The number of rotatable bonds is 5. The highest BCUT2D eigenvalue weighted by Crippen LogP contribution is 2.37. The molecule has 0 bridgehead atoms. The van der Waals surface area contributed by atoms with Crippen LogP contribution in [0.4, 0.5) is 5.69 Å². The van der Waals surface area contributed by atoms with Gasteiger partial charge in [-0.15, -0.1) is 0 Å². The maximum atomic E-state index is 12.6. The Morgan fingerprint density at radius 3 is 2.62 bits per heavy atom. The van der Waals surface area contributed by atoms with Crippen molar-refractivity contribution in [3.05, 3.63) is 53.6 Å². The lowest BCUT2D eigenvalue weighted by Gasteiger charge is -2.17. The first-order chi connectivity index (χ1) is 14.0. The van der Waals surface area contributed by atoms with Gasteiger partial charge in [-0.3, -0.25) is 14.4 Å². The van der Waals surface area contributed by atoms with Gasteiger partial charge in [0.05, 0.1) is 5.92 Å². The molecule has 0 radical (unpaired) electrons. The zero-order valence-corrected chi connectivity index (χ0v) is 15.9. The predicted molar refractivity (Wildman–Crippen MR) is 105 cm³/mol. The molecular weight excluding hydrogens is 374 g/mol. The molecule has 2 aromatic carbocycles. The first-order valence-corrected chi connectivity index (χ1v) is 9.34. The molecule has 4 rings (SSSR count). The monoisotopic (exact) mass is 395 g/mol. The Morgan fingerprint density at radius 1 is 1.10 bits per heavy atom. The lowest BCUT2D eigenvalue weighted by Crippen LogP contribution is -2.32. The van der Waals surface area contributed by atoms with Gasteiger partial charge in [-0.25, -0.2) is 0 Å². The minimum absolute atomic E-state index is 0.0982. The summed E-state index contributed by atoms with van der Waals surface area (Å²) in [5.41, 5.74) is 2.13. The van der Waals surface area contributed by atoms with Crippen molar-refractivity contribution in [1.82, 2.24) is 10.6 Å². The van der Waals surface area contributed by atoms with Crippen molar-refractivity contribution < 1.29 is 23.9 Å². The van der Waals surface area contributed by atoms with Gasteiger partial charge in [0.15, 0.2) is 11.5 Å². The van der Waals surface area contributed by atoms with Gasteiger partial charge < -0.3 is 25.0 Å². The number of anilines is 1. The number of benzene rings is 2. The summed E-state index contributed by atoms with van der Waals surface area (Å²) in [6.45, 7) is 0.823. The molecule has 1 saturated heterocycles. The van der Waals surface area contributed by atoms with Gasteiger partial charge in [0.2, 0.25) is 18.6 Å². The third kappa shape index (κ3) is 3.87. The van der Waals surface area contributed by atoms with Gasteiger partial charge in [0, 0.05) is 43.9 Å². The second-order valence-electron chi connectivity index (χ2n) is 6.94. The minimum Gasteiger partial charge on any atom is -0.454 e. The molecule has 2 aromatic rings. The van der Waals surface area contributed by atoms with Crippen LogP contribution in [0.1, 0.15) is 22.3 Å². The van der Waals surface area contributed by atoms with E-state index in [0.29, 0.717) is 35.8 Å². The number of amides is 3. The Kier molecular flexibility index (Phi) is 5.07. The molecule has 2 aliphatic rings. The molecule has 3 amide bonds. The Morgan fingerprint density at radius 2 is 1.86 bits per heavy atom. The molecule has 2 N–H and O–H groups in total. The maximum absolute atomic E-state index is 12.6. The quantitative estimate of drug-likeness (QED) is 0.799. The summed E-state index contributed by atoms with van der Waals surface area (Å²) < 4.78 is 10.7. The second kappa shape index (κ2) is 7.83. The van der Waals surface area contributed by atoms with Crippen molar-refractivity contribution >= 4 is 23.4 Å². The zero-order chi connectivity index (χ0) is 20.4. The van der Waals surface area contributed by atoms with Gasteiger partial charge in [-0.1, -0.05) is 12.1 Å². The lowest BCUT2D eigenvalue weighted by molar-refractivity contribution is -0.126. The highest BCUT2D eigenvalue weighted by atomic mass is 16.7. The number of carbonyl (C=O) groups excluding carboxylic acids is 3. The summed E-state index contributed by atoms with van der Waals surface area (Å²) in [6.07, 6.45) is 0.163. The van der Waals surface area contributed by atoms with Crippen LogP contribution >= 0.6 is 0 Å². The number of nitrogens with zero attached hydrogens (tertiary/aromatic N) is 1. The van der Waals surface area contributed by atoms with Gasteiger partial charge in [-0.05, 0) is 29.8 Å². The predicted octanol–water partition coefficient (Wildman–Crippen LogP) is 1.44. The van der Waals surface area contributed by atoms with Crippen LogP contribution in [0, 0.1) is 5.92 Å². The molecule has 0 aliphatic carbocycles. The molecule has 2 heterocycles. The van der Waals surface area contributed by atoms with E-state index < -0.39 is 5.92 Å². The average molecular weight is 395 g/mol. The lowest BCUT2D eigenvalue weighted by atomic mass is 10.1. The van der Waals surface area contributed by atoms with E-state index in [9.17, 15) is 14.4 Å². The molecule has 2 aliphatic heterocycles. The van der Waals surface area contributed by atoms with Crippen LogP contribution in [-0.2, 0) is 16.1 Å².